The number of carbonyl (C=O) groups is 1. The van der Waals surface area contributed by atoms with Crippen LogP contribution in [0, 0.1) is 0 Å². The monoisotopic (exact) mass is 300 g/mol. The fraction of sp³-hybridized carbons (Fsp3) is 0.0833. The Morgan fingerprint density at radius 1 is 1.26 bits per heavy atom. The molecule has 0 fully saturated rings. The van der Waals surface area contributed by atoms with E-state index >= 15 is 0 Å². The first kappa shape index (κ1) is 13.7. The zero-order valence-corrected chi connectivity index (χ0v) is 11.2. The zero-order valence-electron chi connectivity index (χ0n) is 9.65. The molecular weight excluding hydrogens is 291 g/mol. The number of rotatable bonds is 4. The van der Waals surface area contributed by atoms with Crippen molar-refractivity contribution in [3.05, 3.63) is 51.9 Å². The lowest BCUT2D eigenvalue weighted by Gasteiger charge is -2.05. The Morgan fingerprint density at radius 2 is 1.95 bits per heavy atom. The molecule has 0 saturated carbocycles. The number of nitrogens with one attached hydrogen (secondary N) is 1. The number of furan rings is 1. The molecule has 1 heterocycles. The number of ether oxygens (including phenoxy) is 1. The average Bonchev–Trinajstić information content (AvgIpc) is 2.83. The maximum absolute atomic E-state index is 11.2. The van der Waals surface area contributed by atoms with E-state index in [4.69, 9.17) is 38.2 Å². The van der Waals surface area contributed by atoms with E-state index in [-0.39, 0.29) is 6.61 Å². The van der Waals surface area contributed by atoms with Crippen LogP contribution in [0.4, 0.5) is 0 Å². The smallest absolute Gasteiger partial charge is 0.268 e. The third-order valence-electron chi connectivity index (χ3n) is 2.26. The SMILES string of the molecule is NNC(=O)c1coc(COc2cc(Cl)cc(Cl)c2)c1. The Hall–Kier alpha value is -1.69. The zero-order chi connectivity index (χ0) is 13.8. The van der Waals surface area contributed by atoms with Gasteiger partial charge in [0.15, 0.2) is 0 Å². The molecule has 2 aromatic rings. The van der Waals surface area contributed by atoms with E-state index < -0.39 is 5.91 Å². The number of amides is 1. The molecule has 2 rings (SSSR count). The van der Waals surface area contributed by atoms with Crippen molar-refractivity contribution in [2.24, 2.45) is 5.84 Å². The van der Waals surface area contributed by atoms with Gasteiger partial charge in [0.05, 0.1) is 5.56 Å². The highest BCUT2D eigenvalue weighted by molar-refractivity contribution is 6.34. The quantitative estimate of drug-likeness (QED) is 0.517. The fourth-order valence-corrected chi connectivity index (χ4v) is 1.93. The van der Waals surface area contributed by atoms with Gasteiger partial charge in [-0.1, -0.05) is 23.2 Å². The molecule has 0 bridgehead atoms. The minimum atomic E-state index is -0.430. The summed E-state index contributed by atoms with van der Waals surface area (Å²) in [5.41, 5.74) is 2.33. The molecule has 3 N–H and O–H groups in total. The molecule has 7 heteroatoms. The minimum Gasteiger partial charge on any atom is -0.486 e. The predicted octanol–water partition coefficient (Wildman–Crippen LogP) is 2.77. The van der Waals surface area contributed by atoms with Gasteiger partial charge in [-0.3, -0.25) is 10.2 Å². The van der Waals surface area contributed by atoms with Gasteiger partial charge in [-0.25, -0.2) is 5.84 Å². The van der Waals surface area contributed by atoms with Crippen LogP contribution in [0.25, 0.3) is 0 Å². The molecular formula is C12H10Cl2N2O3. The van der Waals surface area contributed by atoms with Crippen LogP contribution in [0.2, 0.25) is 10.0 Å². The van der Waals surface area contributed by atoms with Gasteiger partial charge in [0, 0.05) is 10.0 Å². The molecule has 0 aliphatic heterocycles. The summed E-state index contributed by atoms with van der Waals surface area (Å²) >= 11 is 11.7. The Labute approximate surface area is 119 Å². The molecule has 1 amide bonds. The highest BCUT2D eigenvalue weighted by atomic mass is 35.5. The summed E-state index contributed by atoms with van der Waals surface area (Å²) in [5.74, 6) is 5.57. The van der Waals surface area contributed by atoms with Gasteiger partial charge in [0.2, 0.25) is 0 Å². The molecule has 0 saturated heterocycles. The molecule has 1 aromatic carbocycles. The van der Waals surface area contributed by atoms with Crippen LogP contribution >= 0.6 is 23.2 Å². The molecule has 5 nitrogen and oxygen atoms in total. The molecule has 0 spiro atoms. The summed E-state index contributed by atoms with van der Waals surface area (Å²) in [7, 11) is 0. The maximum Gasteiger partial charge on any atom is 0.268 e. The van der Waals surface area contributed by atoms with Crippen LogP contribution in [0.3, 0.4) is 0 Å². The molecule has 100 valence electrons. The standard InChI is InChI=1S/C12H10Cl2N2O3/c13-8-2-9(14)4-10(3-8)19-6-11-1-7(5-18-11)12(17)16-15/h1-5H,6,15H2,(H,16,17). The van der Waals surface area contributed by atoms with Crippen molar-refractivity contribution < 1.29 is 13.9 Å². The average molecular weight is 301 g/mol. The van der Waals surface area contributed by atoms with E-state index in [1.54, 1.807) is 18.2 Å². The van der Waals surface area contributed by atoms with Crippen LogP contribution in [0.1, 0.15) is 16.1 Å². The lowest BCUT2D eigenvalue weighted by molar-refractivity contribution is 0.0953. The van der Waals surface area contributed by atoms with Crippen LogP contribution < -0.4 is 16.0 Å². The molecule has 0 atom stereocenters. The number of hydrogen-bond acceptors (Lipinski definition) is 4. The van der Waals surface area contributed by atoms with Crippen molar-refractivity contribution in [1.29, 1.82) is 0 Å². The van der Waals surface area contributed by atoms with Gasteiger partial charge < -0.3 is 9.15 Å². The van der Waals surface area contributed by atoms with Crippen molar-refractivity contribution in [1.82, 2.24) is 5.43 Å². The minimum absolute atomic E-state index is 0.147. The van der Waals surface area contributed by atoms with Crippen molar-refractivity contribution in [3.63, 3.8) is 0 Å². The third-order valence-corrected chi connectivity index (χ3v) is 2.70. The molecule has 0 radical (unpaired) electrons. The number of hydrazine groups is 1. The van der Waals surface area contributed by atoms with Crippen molar-refractivity contribution in [2.75, 3.05) is 0 Å². The number of nitrogen functional groups attached to an aromatic ring is 1. The molecule has 1 aromatic heterocycles. The van der Waals surface area contributed by atoms with Crippen LogP contribution in [0.15, 0.2) is 34.9 Å². The van der Waals surface area contributed by atoms with Crippen molar-refractivity contribution in [2.45, 2.75) is 6.61 Å². The first-order chi connectivity index (χ1) is 9.08. The largest absolute Gasteiger partial charge is 0.486 e. The number of hydrogen-bond donors (Lipinski definition) is 2. The van der Waals surface area contributed by atoms with E-state index in [1.807, 2.05) is 5.43 Å². The fourth-order valence-electron chi connectivity index (χ4n) is 1.43. The number of benzene rings is 1. The van der Waals surface area contributed by atoms with Gasteiger partial charge >= 0.3 is 0 Å². The first-order valence-electron chi connectivity index (χ1n) is 5.26. The van der Waals surface area contributed by atoms with Crippen LogP contribution in [0.5, 0.6) is 5.75 Å². The summed E-state index contributed by atoms with van der Waals surface area (Å²) in [6.07, 6.45) is 1.30. The maximum atomic E-state index is 11.2. The van der Waals surface area contributed by atoms with Gasteiger partial charge in [-0.05, 0) is 24.3 Å². The normalized spacial score (nSPS) is 10.3. The molecule has 19 heavy (non-hydrogen) atoms. The predicted molar refractivity (Wildman–Crippen MR) is 71.2 cm³/mol. The molecule has 0 aliphatic carbocycles. The second kappa shape index (κ2) is 5.97. The first-order valence-corrected chi connectivity index (χ1v) is 6.01. The summed E-state index contributed by atoms with van der Waals surface area (Å²) < 4.78 is 10.6. The van der Waals surface area contributed by atoms with Gasteiger partial charge in [-0.2, -0.15) is 0 Å². The summed E-state index contributed by atoms with van der Waals surface area (Å²) in [6, 6.07) is 6.40. The number of carbonyl (C=O) groups excluding carboxylic acids is 1. The van der Waals surface area contributed by atoms with Crippen molar-refractivity contribution >= 4 is 29.1 Å². The summed E-state index contributed by atoms with van der Waals surface area (Å²) in [4.78, 5) is 11.2. The Morgan fingerprint density at radius 3 is 2.58 bits per heavy atom. The van der Waals surface area contributed by atoms with Crippen molar-refractivity contribution in [3.8, 4) is 5.75 Å². The van der Waals surface area contributed by atoms with Gasteiger partial charge in [-0.15, -0.1) is 0 Å². The van der Waals surface area contributed by atoms with Gasteiger partial charge in [0.1, 0.15) is 24.4 Å². The Balaban J connectivity index is 2.02. The topological polar surface area (TPSA) is 77.5 Å². The highest BCUT2D eigenvalue weighted by Crippen LogP contribution is 2.25. The second-order valence-electron chi connectivity index (χ2n) is 3.67. The third kappa shape index (κ3) is 3.64. The number of halogens is 2. The lowest BCUT2D eigenvalue weighted by atomic mass is 10.3. The highest BCUT2D eigenvalue weighted by Gasteiger charge is 2.09. The van der Waals surface area contributed by atoms with Crippen LogP contribution in [-0.4, -0.2) is 5.91 Å². The summed E-state index contributed by atoms with van der Waals surface area (Å²) in [5, 5.41) is 0.954. The van der Waals surface area contributed by atoms with Gasteiger partial charge in [0.25, 0.3) is 5.91 Å². The van der Waals surface area contributed by atoms with Crippen LogP contribution in [-0.2, 0) is 6.61 Å². The summed E-state index contributed by atoms with van der Waals surface area (Å²) in [6.45, 7) is 0.147. The van der Waals surface area contributed by atoms with E-state index in [9.17, 15) is 4.79 Å². The van der Waals surface area contributed by atoms with E-state index in [0.717, 1.165) is 0 Å². The van der Waals surface area contributed by atoms with E-state index in [2.05, 4.69) is 0 Å². The molecule has 0 aliphatic rings. The number of nitrogens with two attached hydrogens (primary N) is 1. The molecule has 0 unspecified atom stereocenters. The second-order valence-corrected chi connectivity index (χ2v) is 4.54. The lowest BCUT2D eigenvalue weighted by Crippen LogP contribution is -2.29. The van der Waals surface area contributed by atoms with E-state index in [1.165, 1.54) is 12.3 Å². The van der Waals surface area contributed by atoms with E-state index in [0.29, 0.717) is 27.1 Å². The Kier molecular flexibility index (Phi) is 4.31. The Bertz CT molecular complexity index is 578.